The Morgan fingerprint density at radius 1 is 0.719 bits per heavy atom. The molecule has 0 spiro atoms. The second-order valence-corrected chi connectivity index (χ2v) is 16.9. The van der Waals surface area contributed by atoms with E-state index < -0.39 is 84.8 Å². The largest absolute Gasteiger partial charge is 0.505 e. The minimum Gasteiger partial charge on any atom is -0.505 e. The van der Waals surface area contributed by atoms with E-state index in [1.165, 1.54) is 48.3 Å². The average Bonchev–Trinajstić information content (AvgIpc) is 3.13. The number of carbonyl (C=O) groups excluding carboxylic acids is 2. The van der Waals surface area contributed by atoms with Gasteiger partial charge in [-0.25, -0.2) is 9.97 Å². The molecule has 0 fully saturated rings. The molecule has 0 saturated heterocycles. The van der Waals surface area contributed by atoms with Crippen LogP contribution in [0.25, 0.3) is 21.8 Å². The maximum atomic E-state index is 13.4. The third-order valence-corrected chi connectivity index (χ3v) is 11.5. The predicted molar refractivity (Wildman–Crippen MR) is 205 cm³/mol. The monoisotopic (exact) mass is 874 g/mol. The van der Waals surface area contributed by atoms with Gasteiger partial charge in [-0.05, 0) is 66.2 Å². The van der Waals surface area contributed by atoms with E-state index in [2.05, 4.69) is 25.5 Å². The summed E-state index contributed by atoms with van der Waals surface area (Å²) in [5, 5.41) is 20.0. The molecule has 6 rings (SSSR count). The summed E-state index contributed by atoms with van der Waals surface area (Å²) in [4.78, 5) is 32.8. The van der Waals surface area contributed by atoms with Crippen LogP contribution in [0.4, 0.5) is 17.1 Å². The number of aromatic nitrogens is 2. The number of benzene rings is 5. The molecule has 5 aromatic carbocycles. The van der Waals surface area contributed by atoms with Crippen molar-refractivity contribution < 1.29 is 53.6 Å². The molecule has 23 heteroatoms. The van der Waals surface area contributed by atoms with Crippen LogP contribution >= 0.6 is 23.2 Å². The van der Waals surface area contributed by atoms with Crippen molar-refractivity contribution in [3.63, 3.8) is 0 Å². The van der Waals surface area contributed by atoms with Crippen LogP contribution in [0.2, 0.25) is 10.3 Å². The number of rotatable bonds is 10. The van der Waals surface area contributed by atoms with Crippen LogP contribution in [-0.4, -0.2) is 77.7 Å². The minimum absolute atomic E-state index is 0.0323. The van der Waals surface area contributed by atoms with E-state index in [4.69, 9.17) is 23.2 Å². The normalized spacial score (nSPS) is 12.3. The number of nitrogens with one attached hydrogen (secondary N) is 1. The number of phenols is 1. The lowest BCUT2D eigenvalue weighted by Crippen LogP contribution is -2.26. The molecular weight excluding hydrogens is 852 g/mol. The van der Waals surface area contributed by atoms with Crippen molar-refractivity contribution in [1.29, 1.82) is 0 Å². The van der Waals surface area contributed by atoms with Crippen molar-refractivity contribution in [2.45, 2.75) is 21.2 Å². The van der Waals surface area contributed by atoms with E-state index in [0.29, 0.717) is 11.6 Å². The summed E-state index contributed by atoms with van der Waals surface area (Å²) in [5.74, 6) is -2.50. The van der Waals surface area contributed by atoms with E-state index in [1.54, 1.807) is 18.2 Å². The number of carbonyl (C=O) groups is 2. The van der Waals surface area contributed by atoms with Crippen molar-refractivity contribution >= 4 is 104 Å². The molecule has 5 N–H and O–H groups in total. The van der Waals surface area contributed by atoms with Gasteiger partial charge in [0.2, 0.25) is 0 Å². The summed E-state index contributed by atoms with van der Waals surface area (Å²) in [6, 6.07) is 17.5. The maximum absolute atomic E-state index is 13.4. The number of phenolic OH excluding ortho intramolecular Hbond substituents is 1. The van der Waals surface area contributed by atoms with E-state index in [1.807, 2.05) is 0 Å². The molecule has 294 valence electrons. The van der Waals surface area contributed by atoms with Gasteiger partial charge in [0.05, 0.1) is 22.1 Å². The van der Waals surface area contributed by atoms with Gasteiger partial charge in [-0.1, -0.05) is 47.5 Å². The highest BCUT2D eigenvalue weighted by Gasteiger charge is 2.28. The number of amides is 2. The first-order valence-corrected chi connectivity index (χ1v) is 20.8. The Kier molecular flexibility index (Phi) is 11.0. The topological polar surface area (TPSA) is 283 Å². The number of hydrogen-bond acceptors (Lipinski definition) is 13. The summed E-state index contributed by atoms with van der Waals surface area (Å²) >= 11 is 11.9. The van der Waals surface area contributed by atoms with Crippen LogP contribution in [0, 0.1) is 0 Å². The van der Waals surface area contributed by atoms with Gasteiger partial charge in [0.25, 0.3) is 42.2 Å². The van der Waals surface area contributed by atoms with Gasteiger partial charge in [-0.2, -0.15) is 25.3 Å². The Hall–Kier alpha value is -5.65. The van der Waals surface area contributed by atoms with Gasteiger partial charge in [-0.15, -0.1) is 10.2 Å². The third-order valence-electron chi connectivity index (χ3n) is 8.17. The highest BCUT2D eigenvalue weighted by Crippen LogP contribution is 2.46. The van der Waals surface area contributed by atoms with Crippen molar-refractivity contribution in [3.8, 4) is 5.75 Å². The molecule has 2 amide bonds. The quantitative estimate of drug-likeness (QED) is 0.0728. The van der Waals surface area contributed by atoms with Gasteiger partial charge < -0.3 is 15.3 Å². The lowest BCUT2D eigenvalue weighted by molar-refractivity contribution is 0.0785. The fourth-order valence-electron chi connectivity index (χ4n) is 5.61. The number of halogens is 2. The number of azo groups is 1. The summed E-state index contributed by atoms with van der Waals surface area (Å²) in [6.45, 7) is -0.210. The van der Waals surface area contributed by atoms with Gasteiger partial charge >= 0.3 is 0 Å². The summed E-state index contributed by atoms with van der Waals surface area (Å²) in [7, 11) is -14.2. The fraction of sp³-hybridized carbons (Fsp3) is 0.0588. The Labute approximate surface area is 332 Å². The molecule has 0 radical (unpaired) electrons. The standard InChI is InChI=1S/C34H24Cl2N6O12S3/c1-42(34(45)19-8-9-21-23(14-19)38-32(36)31(35)37-21)16-17-7-11-26(56(49,50)51)24(13-17)40-41-29-27(57(52,53)54)15-20-25(55(46,47)48)12-10-22(28(20)30(29)43)39-33(44)18-5-3-2-4-6-18/h2-15,43H,16H2,1H3,(H,39,44)(H,46,47,48)(H,49,50,51)(H,52,53,54). The van der Waals surface area contributed by atoms with Gasteiger partial charge in [-0.3, -0.25) is 23.2 Å². The fourth-order valence-corrected chi connectivity index (χ4v) is 7.81. The van der Waals surface area contributed by atoms with Crippen LogP contribution in [-0.2, 0) is 36.9 Å². The summed E-state index contributed by atoms with van der Waals surface area (Å²) in [6.07, 6.45) is 0. The minimum atomic E-state index is -5.42. The number of fused-ring (bicyclic) bond motifs is 2. The second-order valence-electron chi connectivity index (χ2n) is 12.0. The van der Waals surface area contributed by atoms with Crippen LogP contribution < -0.4 is 5.32 Å². The zero-order valence-electron chi connectivity index (χ0n) is 28.6. The molecule has 0 aliphatic rings. The molecule has 0 unspecified atom stereocenters. The van der Waals surface area contributed by atoms with E-state index in [-0.39, 0.29) is 44.7 Å². The van der Waals surface area contributed by atoms with Gasteiger partial charge in [0.15, 0.2) is 16.1 Å². The first-order chi connectivity index (χ1) is 26.6. The van der Waals surface area contributed by atoms with E-state index >= 15 is 0 Å². The molecule has 0 bridgehead atoms. The van der Waals surface area contributed by atoms with Gasteiger partial charge in [0, 0.05) is 30.1 Å². The van der Waals surface area contributed by atoms with E-state index in [9.17, 15) is 53.6 Å². The third kappa shape index (κ3) is 8.69. The van der Waals surface area contributed by atoms with Crippen molar-refractivity contribution in [1.82, 2.24) is 14.9 Å². The molecule has 1 heterocycles. The SMILES string of the molecule is CN(Cc1ccc(S(=O)(=O)O)c(N=Nc2c(S(=O)(=O)O)cc3c(S(=O)(=O)O)ccc(NC(=O)c4ccccc4)c3c2O)c1)C(=O)c1ccc2nc(Cl)c(Cl)nc2c1. The smallest absolute Gasteiger partial charge is 0.296 e. The Bertz CT molecular complexity index is 3040. The zero-order valence-corrected chi connectivity index (χ0v) is 32.5. The van der Waals surface area contributed by atoms with Crippen molar-refractivity contribution in [3.05, 3.63) is 112 Å². The molecular formula is C34H24Cl2N6O12S3. The Morgan fingerprint density at radius 2 is 1.33 bits per heavy atom. The maximum Gasteiger partial charge on any atom is 0.296 e. The molecule has 18 nitrogen and oxygen atoms in total. The summed E-state index contributed by atoms with van der Waals surface area (Å²) < 4.78 is 105. The van der Waals surface area contributed by atoms with Crippen LogP contribution in [0.15, 0.2) is 110 Å². The van der Waals surface area contributed by atoms with Crippen molar-refractivity contribution in [2.75, 3.05) is 12.4 Å². The first-order valence-electron chi connectivity index (χ1n) is 15.7. The number of nitrogens with zero attached hydrogens (tertiary/aromatic N) is 5. The molecule has 6 aromatic rings. The number of anilines is 1. The molecule has 1 aromatic heterocycles. The number of aromatic hydroxyl groups is 1. The van der Waals surface area contributed by atoms with Crippen molar-refractivity contribution in [2.24, 2.45) is 10.2 Å². The first kappa shape index (κ1) is 41.0. The average molecular weight is 876 g/mol. The zero-order chi connectivity index (χ0) is 41.6. The predicted octanol–water partition coefficient (Wildman–Crippen LogP) is 6.48. The molecule has 0 aliphatic carbocycles. The molecule has 57 heavy (non-hydrogen) atoms. The van der Waals surface area contributed by atoms with Crippen LogP contribution in [0.5, 0.6) is 5.75 Å². The van der Waals surface area contributed by atoms with E-state index in [0.717, 1.165) is 24.3 Å². The Morgan fingerprint density at radius 3 is 1.96 bits per heavy atom. The molecule has 0 saturated carbocycles. The highest BCUT2D eigenvalue weighted by atomic mass is 35.5. The second kappa shape index (κ2) is 15.4. The molecule has 0 atom stereocenters. The lowest BCUT2D eigenvalue weighted by Gasteiger charge is -2.18. The molecule has 0 aliphatic heterocycles. The lowest BCUT2D eigenvalue weighted by atomic mass is 10.1. The van der Waals surface area contributed by atoms with Crippen LogP contribution in [0.3, 0.4) is 0 Å². The van der Waals surface area contributed by atoms with Gasteiger partial charge in [0.1, 0.15) is 26.1 Å². The summed E-state index contributed by atoms with van der Waals surface area (Å²) in [5.41, 5.74) is -0.935. The van der Waals surface area contributed by atoms with Crippen LogP contribution in [0.1, 0.15) is 26.3 Å². The Balaban J connectivity index is 1.45. The highest BCUT2D eigenvalue weighted by molar-refractivity contribution is 7.86. The number of hydrogen-bond donors (Lipinski definition) is 5.